The van der Waals surface area contributed by atoms with Gasteiger partial charge >= 0.3 is 5.97 Å². The van der Waals surface area contributed by atoms with Gasteiger partial charge in [0.2, 0.25) is 11.2 Å². The van der Waals surface area contributed by atoms with E-state index < -0.39 is 5.97 Å². The number of hydrogen-bond donors (Lipinski definition) is 0. The number of benzene rings is 2. The molecule has 27 heavy (non-hydrogen) atoms. The maximum atomic E-state index is 13.1. The first kappa shape index (κ1) is 18.3. The van der Waals surface area contributed by atoms with Gasteiger partial charge in [-0.15, -0.1) is 0 Å². The third-order valence-electron chi connectivity index (χ3n) is 4.01. The predicted molar refractivity (Wildman–Crippen MR) is 98.9 cm³/mol. The number of fused-ring (bicyclic) bond motifs is 1. The molecule has 3 rings (SSSR count). The fourth-order valence-electron chi connectivity index (χ4n) is 2.78. The van der Waals surface area contributed by atoms with E-state index in [1.54, 1.807) is 31.4 Å². The second-order valence-electron chi connectivity index (χ2n) is 5.61. The Bertz CT molecular complexity index is 1050. The maximum absolute atomic E-state index is 13.1. The molecule has 0 radical (unpaired) electrons. The van der Waals surface area contributed by atoms with Crippen LogP contribution in [-0.4, -0.2) is 27.3 Å². The van der Waals surface area contributed by atoms with E-state index in [1.807, 2.05) is 0 Å². The van der Waals surface area contributed by atoms with Crippen LogP contribution in [0.4, 0.5) is 0 Å². The number of methoxy groups -OCH3 is 3. The Kier molecular flexibility index (Phi) is 5.03. The van der Waals surface area contributed by atoms with E-state index in [-0.39, 0.29) is 33.6 Å². The Labute approximate surface area is 155 Å². The SMILES string of the molecule is COc1ccc(-c2coc3c(OC)c(OC(C)=O)cc(OC)c3c2=O)cc1. The molecule has 0 atom stereocenters. The van der Waals surface area contributed by atoms with E-state index in [4.69, 9.17) is 23.4 Å². The van der Waals surface area contributed by atoms with E-state index in [2.05, 4.69) is 0 Å². The fraction of sp³-hybridized carbons (Fsp3) is 0.200. The first-order valence-corrected chi connectivity index (χ1v) is 8.03. The van der Waals surface area contributed by atoms with Crippen molar-refractivity contribution in [3.05, 3.63) is 46.8 Å². The minimum atomic E-state index is -0.535. The molecular weight excluding hydrogens is 352 g/mol. The van der Waals surface area contributed by atoms with Gasteiger partial charge < -0.3 is 23.4 Å². The number of carbonyl (C=O) groups is 1. The highest BCUT2D eigenvalue weighted by molar-refractivity contribution is 5.94. The summed E-state index contributed by atoms with van der Waals surface area (Å²) in [4.78, 5) is 24.5. The first-order valence-electron chi connectivity index (χ1n) is 8.03. The Morgan fingerprint density at radius 1 is 0.963 bits per heavy atom. The van der Waals surface area contributed by atoms with Crippen molar-refractivity contribution in [1.29, 1.82) is 0 Å². The van der Waals surface area contributed by atoms with Crippen molar-refractivity contribution in [2.75, 3.05) is 21.3 Å². The van der Waals surface area contributed by atoms with Crippen LogP contribution in [0.5, 0.6) is 23.0 Å². The van der Waals surface area contributed by atoms with Crippen molar-refractivity contribution in [2.45, 2.75) is 6.92 Å². The summed E-state index contributed by atoms with van der Waals surface area (Å²) in [6.45, 7) is 1.26. The van der Waals surface area contributed by atoms with Gasteiger partial charge in [0.25, 0.3) is 0 Å². The molecule has 0 saturated heterocycles. The van der Waals surface area contributed by atoms with Crippen molar-refractivity contribution in [2.24, 2.45) is 0 Å². The lowest BCUT2D eigenvalue weighted by Gasteiger charge is -2.13. The molecule has 7 heteroatoms. The van der Waals surface area contributed by atoms with Gasteiger partial charge in [-0.2, -0.15) is 0 Å². The summed E-state index contributed by atoms with van der Waals surface area (Å²) in [5.41, 5.74) is 0.851. The van der Waals surface area contributed by atoms with E-state index in [0.29, 0.717) is 16.9 Å². The van der Waals surface area contributed by atoms with Gasteiger partial charge in [0.15, 0.2) is 11.3 Å². The van der Waals surface area contributed by atoms with Crippen LogP contribution < -0.4 is 24.4 Å². The lowest BCUT2D eigenvalue weighted by Crippen LogP contribution is -2.09. The molecular formula is C20H18O7. The maximum Gasteiger partial charge on any atom is 0.308 e. The Balaban J connectivity index is 2.28. The van der Waals surface area contributed by atoms with Gasteiger partial charge in [0.1, 0.15) is 23.1 Å². The van der Waals surface area contributed by atoms with Crippen molar-refractivity contribution in [1.82, 2.24) is 0 Å². The Morgan fingerprint density at radius 3 is 2.22 bits per heavy atom. The third-order valence-corrected chi connectivity index (χ3v) is 4.01. The molecule has 3 aromatic rings. The zero-order valence-electron chi connectivity index (χ0n) is 15.3. The first-order chi connectivity index (χ1) is 13.0. The predicted octanol–water partition coefficient (Wildman–Crippen LogP) is 3.41. The van der Waals surface area contributed by atoms with E-state index in [1.165, 1.54) is 33.5 Å². The summed E-state index contributed by atoms with van der Waals surface area (Å²) in [5, 5.41) is 0.193. The second kappa shape index (κ2) is 7.41. The largest absolute Gasteiger partial charge is 0.497 e. The highest BCUT2D eigenvalue weighted by atomic mass is 16.6. The smallest absolute Gasteiger partial charge is 0.308 e. The molecule has 0 aliphatic rings. The van der Waals surface area contributed by atoms with Crippen LogP contribution in [0, 0.1) is 0 Å². The molecule has 1 heterocycles. The van der Waals surface area contributed by atoms with Crippen LogP contribution in [0.3, 0.4) is 0 Å². The third kappa shape index (κ3) is 3.31. The van der Waals surface area contributed by atoms with Gasteiger partial charge in [-0.25, -0.2) is 0 Å². The Morgan fingerprint density at radius 2 is 1.67 bits per heavy atom. The summed E-state index contributed by atoms with van der Waals surface area (Å²) in [6.07, 6.45) is 1.34. The van der Waals surface area contributed by atoms with Gasteiger partial charge in [0, 0.05) is 13.0 Å². The number of ether oxygens (including phenoxy) is 4. The van der Waals surface area contributed by atoms with Gasteiger partial charge in [0.05, 0.1) is 26.9 Å². The van der Waals surface area contributed by atoms with Crippen molar-refractivity contribution in [3.63, 3.8) is 0 Å². The monoisotopic (exact) mass is 370 g/mol. The van der Waals surface area contributed by atoms with Gasteiger partial charge in [-0.1, -0.05) is 12.1 Å². The summed E-state index contributed by atoms with van der Waals surface area (Å²) >= 11 is 0. The minimum absolute atomic E-state index is 0.106. The molecule has 2 aromatic carbocycles. The van der Waals surface area contributed by atoms with Crippen LogP contribution in [0.25, 0.3) is 22.1 Å². The highest BCUT2D eigenvalue weighted by Gasteiger charge is 2.22. The van der Waals surface area contributed by atoms with E-state index >= 15 is 0 Å². The van der Waals surface area contributed by atoms with E-state index in [0.717, 1.165) is 0 Å². The molecule has 0 spiro atoms. The van der Waals surface area contributed by atoms with Gasteiger partial charge in [-0.05, 0) is 17.7 Å². The second-order valence-corrected chi connectivity index (χ2v) is 5.61. The summed E-state index contributed by atoms with van der Waals surface area (Å²) < 4.78 is 26.6. The molecule has 1 aromatic heterocycles. The summed E-state index contributed by atoms with van der Waals surface area (Å²) in [7, 11) is 4.38. The number of hydrogen-bond acceptors (Lipinski definition) is 7. The molecule has 0 saturated carbocycles. The van der Waals surface area contributed by atoms with Crippen LogP contribution in [0.1, 0.15) is 6.92 Å². The standard InChI is InChI=1S/C20H18O7/c1-11(21)27-16-9-15(24-3)17-18(22)14(10-26-20(17)19(16)25-4)12-5-7-13(23-2)8-6-12/h5-10H,1-4H3. The molecule has 0 fully saturated rings. The van der Waals surface area contributed by atoms with Gasteiger partial charge in [-0.3, -0.25) is 9.59 Å². The molecule has 0 amide bonds. The molecule has 140 valence electrons. The van der Waals surface area contributed by atoms with Crippen LogP contribution >= 0.6 is 0 Å². The molecule has 7 nitrogen and oxygen atoms in total. The summed E-state index contributed by atoms with van der Waals surface area (Å²) in [5.74, 6) is 0.598. The molecule has 0 N–H and O–H groups in total. The topological polar surface area (TPSA) is 84.2 Å². The highest BCUT2D eigenvalue weighted by Crippen LogP contribution is 2.41. The molecule has 0 aliphatic heterocycles. The Hall–Kier alpha value is -3.48. The zero-order chi connectivity index (χ0) is 19.6. The fourth-order valence-corrected chi connectivity index (χ4v) is 2.78. The number of rotatable bonds is 5. The minimum Gasteiger partial charge on any atom is -0.497 e. The lowest BCUT2D eigenvalue weighted by atomic mass is 10.0. The zero-order valence-corrected chi connectivity index (χ0v) is 15.3. The van der Waals surface area contributed by atoms with Crippen LogP contribution in [-0.2, 0) is 4.79 Å². The van der Waals surface area contributed by atoms with E-state index in [9.17, 15) is 9.59 Å². The number of esters is 1. The average Bonchev–Trinajstić information content (AvgIpc) is 2.67. The molecule has 0 unspecified atom stereocenters. The van der Waals surface area contributed by atoms with Crippen molar-refractivity contribution in [3.8, 4) is 34.1 Å². The normalized spacial score (nSPS) is 10.5. The molecule has 0 bridgehead atoms. The molecule has 0 aliphatic carbocycles. The van der Waals surface area contributed by atoms with Crippen LogP contribution in [0.15, 0.2) is 45.8 Å². The lowest BCUT2D eigenvalue weighted by molar-refractivity contribution is -0.132. The summed E-state index contributed by atoms with van der Waals surface area (Å²) in [6, 6.07) is 8.44. The van der Waals surface area contributed by atoms with Crippen molar-refractivity contribution >= 4 is 16.9 Å². The quantitative estimate of drug-likeness (QED) is 0.503. The average molecular weight is 370 g/mol. The number of carbonyl (C=O) groups excluding carboxylic acids is 1. The van der Waals surface area contributed by atoms with Crippen LogP contribution in [0.2, 0.25) is 0 Å². The van der Waals surface area contributed by atoms with Crippen molar-refractivity contribution < 1.29 is 28.2 Å².